The van der Waals surface area contributed by atoms with Crippen molar-refractivity contribution in [2.45, 2.75) is 37.2 Å². The molecule has 2 aromatic carbocycles. The molecule has 0 radical (unpaired) electrons. The van der Waals surface area contributed by atoms with Gasteiger partial charge in [0.2, 0.25) is 0 Å². The third-order valence-electron chi connectivity index (χ3n) is 7.22. The fourth-order valence-electron chi connectivity index (χ4n) is 5.25. The molecule has 2 aliphatic rings. The summed E-state index contributed by atoms with van der Waals surface area (Å²) in [5.41, 5.74) is -0.0534. The van der Waals surface area contributed by atoms with E-state index >= 15 is 0 Å². The summed E-state index contributed by atoms with van der Waals surface area (Å²) in [6, 6.07) is 17.4. The third kappa shape index (κ3) is 5.77. The predicted molar refractivity (Wildman–Crippen MR) is 142 cm³/mol. The molecular weight excluding hydrogens is 533 g/mol. The van der Waals surface area contributed by atoms with Gasteiger partial charge in [0.1, 0.15) is 17.3 Å². The van der Waals surface area contributed by atoms with Gasteiger partial charge in [-0.15, -0.1) is 0 Å². The summed E-state index contributed by atoms with van der Waals surface area (Å²) in [4.78, 5) is 21.4. The summed E-state index contributed by atoms with van der Waals surface area (Å²) in [5, 5.41) is 2.93. The van der Waals surface area contributed by atoms with E-state index in [4.69, 9.17) is 21.1 Å². The summed E-state index contributed by atoms with van der Waals surface area (Å²) in [5.74, 6) is 0.964. The van der Waals surface area contributed by atoms with E-state index in [2.05, 4.69) is 10.3 Å². The fourth-order valence-corrected chi connectivity index (χ4v) is 5.53. The van der Waals surface area contributed by atoms with Crippen LogP contribution in [0.1, 0.15) is 24.0 Å². The lowest BCUT2D eigenvalue weighted by molar-refractivity contribution is -0.137. The molecule has 0 bridgehead atoms. The largest absolute Gasteiger partial charge is 0.497 e. The zero-order valence-corrected chi connectivity index (χ0v) is 22.0. The number of piperidine rings is 1. The van der Waals surface area contributed by atoms with Gasteiger partial charge in [-0.1, -0.05) is 41.9 Å². The van der Waals surface area contributed by atoms with Crippen molar-refractivity contribution in [3.63, 3.8) is 0 Å². The number of pyridine rings is 1. The Hall–Kier alpha value is -3.50. The fraction of sp³-hybridized carbons (Fsp3) is 0.357. The summed E-state index contributed by atoms with van der Waals surface area (Å²) < 4.78 is 50.8. The molecule has 5 rings (SSSR count). The van der Waals surface area contributed by atoms with E-state index in [1.165, 1.54) is 0 Å². The van der Waals surface area contributed by atoms with Crippen molar-refractivity contribution in [2.75, 3.05) is 37.0 Å². The molecule has 206 valence electrons. The molecule has 39 heavy (non-hydrogen) atoms. The second-order valence-electron chi connectivity index (χ2n) is 9.64. The first-order valence-corrected chi connectivity index (χ1v) is 13.0. The summed E-state index contributed by atoms with van der Waals surface area (Å²) >= 11 is 6.21. The number of carbonyl (C=O) groups excluding carboxylic acids is 1. The number of carbonyl (C=O) groups is 1. The Morgan fingerprint density at radius 2 is 1.85 bits per heavy atom. The number of benzene rings is 2. The molecule has 11 heteroatoms. The molecular formula is C28H28ClF3N4O3. The predicted octanol–water partition coefficient (Wildman–Crippen LogP) is 6.23. The zero-order chi connectivity index (χ0) is 27.6. The van der Waals surface area contributed by atoms with Crippen LogP contribution < -0.4 is 15.0 Å². The quantitative estimate of drug-likeness (QED) is 0.400. The number of urea groups is 1. The molecule has 3 heterocycles. The Balaban J connectivity index is 1.36. The topological polar surface area (TPSA) is 66.9 Å². The lowest BCUT2D eigenvalue weighted by Gasteiger charge is -2.45. The molecule has 1 spiro atoms. The van der Waals surface area contributed by atoms with Crippen LogP contribution in [0.15, 0.2) is 66.9 Å². The van der Waals surface area contributed by atoms with Crippen LogP contribution >= 0.6 is 11.6 Å². The maximum Gasteiger partial charge on any atom is 0.417 e. The van der Waals surface area contributed by atoms with Crippen molar-refractivity contribution in [1.82, 2.24) is 9.88 Å². The number of ether oxygens (including phenoxy) is 2. The number of anilines is 2. The highest BCUT2D eigenvalue weighted by Gasteiger charge is 2.52. The maximum atomic E-state index is 13.7. The number of nitrogens with one attached hydrogen (secondary N) is 1. The van der Waals surface area contributed by atoms with Crippen LogP contribution in [-0.4, -0.2) is 54.5 Å². The van der Waals surface area contributed by atoms with Crippen molar-refractivity contribution in [2.24, 2.45) is 0 Å². The molecule has 2 saturated heterocycles. The minimum Gasteiger partial charge on any atom is -0.497 e. The number of aromatic nitrogens is 1. The molecule has 7 nitrogen and oxygen atoms in total. The van der Waals surface area contributed by atoms with Gasteiger partial charge < -0.3 is 19.7 Å². The van der Waals surface area contributed by atoms with Gasteiger partial charge in [-0.2, -0.15) is 13.2 Å². The third-order valence-corrected chi connectivity index (χ3v) is 7.49. The molecule has 1 N–H and O–H groups in total. The molecule has 1 atom stereocenters. The van der Waals surface area contributed by atoms with Gasteiger partial charge in [-0.05, 0) is 42.3 Å². The van der Waals surface area contributed by atoms with E-state index < -0.39 is 17.5 Å². The van der Waals surface area contributed by atoms with Gasteiger partial charge in [-0.3, -0.25) is 4.90 Å². The Morgan fingerprint density at radius 3 is 2.46 bits per heavy atom. The van der Waals surface area contributed by atoms with E-state index in [9.17, 15) is 18.0 Å². The number of amides is 2. The Kier molecular flexibility index (Phi) is 7.59. The SMILES string of the molecule is COc1ccc(NC(=O)N2[C@H](Cc3ccccc3)COC23CCN(c2ncc(C(F)(F)F)cc2Cl)CC3)cc1. The van der Waals surface area contributed by atoms with Crippen molar-refractivity contribution in [1.29, 1.82) is 0 Å². The van der Waals surface area contributed by atoms with E-state index in [-0.39, 0.29) is 22.9 Å². The Labute approximate surface area is 229 Å². The summed E-state index contributed by atoms with van der Waals surface area (Å²) in [6.07, 6.45) is -2.23. The minimum absolute atomic E-state index is 0.0656. The van der Waals surface area contributed by atoms with Crippen molar-refractivity contribution >= 4 is 29.1 Å². The van der Waals surface area contributed by atoms with Crippen molar-refractivity contribution in [3.05, 3.63) is 83.0 Å². The molecule has 0 aliphatic carbocycles. The van der Waals surface area contributed by atoms with E-state index in [0.29, 0.717) is 50.4 Å². The van der Waals surface area contributed by atoms with Gasteiger partial charge in [0, 0.05) is 37.8 Å². The molecule has 3 aromatic rings. The van der Waals surface area contributed by atoms with Gasteiger partial charge in [-0.25, -0.2) is 9.78 Å². The normalized spacial score (nSPS) is 18.8. The van der Waals surface area contributed by atoms with Crippen molar-refractivity contribution in [3.8, 4) is 5.75 Å². The molecule has 1 aromatic heterocycles. The standard InChI is InChI=1S/C28H28ClF3N4O3/c1-38-23-9-7-21(8-10-23)34-26(37)36-22(15-19-5-3-2-4-6-19)18-39-27(36)11-13-35(14-12-27)25-24(29)16-20(17-33-25)28(30,31)32/h2-10,16-17,22H,11-15,18H2,1H3,(H,34,37)/t22-/m1/s1. The van der Waals surface area contributed by atoms with Gasteiger partial charge in [0.15, 0.2) is 0 Å². The average Bonchev–Trinajstić information content (AvgIpc) is 3.26. The van der Waals surface area contributed by atoms with Crippen LogP contribution in [0.2, 0.25) is 5.02 Å². The molecule has 2 amide bonds. The lowest BCUT2D eigenvalue weighted by Crippen LogP contribution is -2.58. The lowest BCUT2D eigenvalue weighted by atomic mass is 9.96. The number of hydrogen-bond donors (Lipinski definition) is 1. The van der Waals surface area contributed by atoms with Gasteiger partial charge in [0.25, 0.3) is 0 Å². The second-order valence-corrected chi connectivity index (χ2v) is 10.1. The van der Waals surface area contributed by atoms with E-state index in [0.717, 1.165) is 17.8 Å². The Morgan fingerprint density at radius 1 is 1.15 bits per heavy atom. The number of alkyl halides is 3. The van der Waals surface area contributed by atoms with Gasteiger partial charge in [0.05, 0.1) is 30.3 Å². The first-order valence-electron chi connectivity index (χ1n) is 12.6. The second kappa shape index (κ2) is 10.9. The Bertz CT molecular complexity index is 1300. The number of nitrogens with zero attached hydrogens (tertiary/aromatic N) is 3. The number of rotatable bonds is 5. The summed E-state index contributed by atoms with van der Waals surface area (Å²) in [6.45, 7) is 1.18. The van der Waals surface area contributed by atoms with Crippen LogP contribution in [0.5, 0.6) is 5.75 Å². The highest BCUT2D eigenvalue weighted by atomic mass is 35.5. The van der Waals surface area contributed by atoms with E-state index in [1.54, 1.807) is 36.3 Å². The molecule has 0 unspecified atom stereocenters. The van der Waals surface area contributed by atoms with Crippen LogP contribution in [0, 0.1) is 0 Å². The highest BCUT2D eigenvalue weighted by molar-refractivity contribution is 6.33. The molecule has 2 fully saturated rings. The summed E-state index contributed by atoms with van der Waals surface area (Å²) in [7, 11) is 1.58. The smallest absolute Gasteiger partial charge is 0.417 e. The molecule has 0 saturated carbocycles. The maximum absolute atomic E-state index is 13.7. The zero-order valence-electron chi connectivity index (χ0n) is 21.2. The minimum atomic E-state index is -4.52. The number of halogens is 4. The van der Waals surface area contributed by atoms with Crippen LogP contribution in [0.3, 0.4) is 0 Å². The number of methoxy groups -OCH3 is 1. The average molecular weight is 561 g/mol. The first kappa shape index (κ1) is 27.1. The van der Waals surface area contributed by atoms with Crippen molar-refractivity contribution < 1.29 is 27.4 Å². The monoisotopic (exact) mass is 560 g/mol. The van der Waals surface area contributed by atoms with Crippen LogP contribution in [-0.2, 0) is 17.3 Å². The van der Waals surface area contributed by atoms with Crippen LogP contribution in [0.4, 0.5) is 29.5 Å². The van der Waals surface area contributed by atoms with Gasteiger partial charge >= 0.3 is 12.2 Å². The van der Waals surface area contributed by atoms with Crippen LogP contribution in [0.25, 0.3) is 0 Å². The molecule has 2 aliphatic heterocycles. The number of hydrogen-bond acceptors (Lipinski definition) is 5. The first-order chi connectivity index (χ1) is 18.7. The van der Waals surface area contributed by atoms with E-state index in [1.807, 2.05) is 35.2 Å². The highest BCUT2D eigenvalue weighted by Crippen LogP contribution is 2.41.